The van der Waals surface area contributed by atoms with Crippen LogP contribution < -0.4 is 10.0 Å². The molecule has 4 heteroatoms. The van der Waals surface area contributed by atoms with Crippen molar-refractivity contribution >= 4 is 23.7 Å². The summed E-state index contributed by atoms with van der Waals surface area (Å²) in [7, 11) is -0.542. The fourth-order valence-corrected chi connectivity index (χ4v) is 1.58. The highest BCUT2D eigenvalue weighted by molar-refractivity contribution is 7.80. The Kier molecular flexibility index (Phi) is 2.98. The minimum Gasteiger partial charge on any atom is -0.497 e. The molecule has 0 radical (unpaired) electrons. The fraction of sp³-hybridized carbons (Fsp3) is 0.143. The van der Waals surface area contributed by atoms with Crippen LogP contribution in [0.15, 0.2) is 24.3 Å². The second kappa shape index (κ2) is 3.80. The van der Waals surface area contributed by atoms with Gasteiger partial charge in [-0.05, 0) is 12.1 Å². The van der Waals surface area contributed by atoms with E-state index in [0.717, 1.165) is 0 Å². The number of ether oxygens (including phenoxy) is 1. The van der Waals surface area contributed by atoms with E-state index < -0.39 is 7.15 Å². The van der Waals surface area contributed by atoms with Gasteiger partial charge in [0.15, 0.2) is 7.15 Å². The summed E-state index contributed by atoms with van der Waals surface area (Å²) in [5.41, 5.74) is 0. The van der Waals surface area contributed by atoms with Gasteiger partial charge in [-0.25, -0.2) is 0 Å². The lowest BCUT2D eigenvalue weighted by atomic mass is 10.3. The van der Waals surface area contributed by atoms with Crippen LogP contribution in [0, 0.1) is 0 Å². The Morgan fingerprint density at radius 1 is 1.55 bits per heavy atom. The van der Waals surface area contributed by atoms with E-state index in [-0.39, 0.29) is 0 Å². The zero-order valence-corrected chi connectivity index (χ0v) is 7.76. The number of hydrogen-bond acceptors (Lipinski definition) is 2. The smallest absolute Gasteiger partial charge is 0.186 e. The molecule has 1 atom stereocenters. The summed E-state index contributed by atoms with van der Waals surface area (Å²) in [5, 5.41) is 0.635. The Balaban J connectivity index is 3.01. The molecule has 1 unspecified atom stereocenters. The summed E-state index contributed by atoms with van der Waals surface area (Å²) in [4.78, 5) is 0. The van der Waals surface area contributed by atoms with Gasteiger partial charge in [0.05, 0.1) is 7.11 Å². The zero-order valence-electron chi connectivity index (χ0n) is 6.00. The van der Waals surface area contributed by atoms with E-state index in [4.69, 9.17) is 16.0 Å². The first-order valence-corrected chi connectivity index (χ1v) is 5.50. The standard InChI is InChI=1S/C7H8ClO2P/c1-10-6-3-2-4-7(5-6)11(8)9/h2-5,11H,1H3. The summed E-state index contributed by atoms with van der Waals surface area (Å²) < 4.78 is 15.7. The van der Waals surface area contributed by atoms with Crippen molar-refractivity contribution in [3.05, 3.63) is 24.3 Å². The third-order valence-corrected chi connectivity index (χ3v) is 2.72. The lowest BCUT2D eigenvalue weighted by Gasteiger charge is -1.99. The Labute approximate surface area is 70.7 Å². The van der Waals surface area contributed by atoms with Gasteiger partial charge in [-0.3, -0.25) is 0 Å². The van der Waals surface area contributed by atoms with Crippen LogP contribution >= 0.6 is 18.4 Å². The third kappa shape index (κ3) is 2.25. The second-order valence-corrected chi connectivity index (χ2v) is 4.16. The first-order chi connectivity index (χ1) is 5.24. The lowest BCUT2D eigenvalue weighted by Crippen LogP contribution is -1.93. The molecule has 0 N–H and O–H groups in total. The van der Waals surface area contributed by atoms with E-state index in [1.54, 1.807) is 31.4 Å². The largest absolute Gasteiger partial charge is 0.497 e. The Hall–Kier alpha value is -0.460. The molecule has 1 rings (SSSR count). The van der Waals surface area contributed by atoms with Gasteiger partial charge in [-0.2, -0.15) is 0 Å². The predicted octanol–water partition coefficient (Wildman–Crippen LogP) is 2.03. The van der Waals surface area contributed by atoms with Crippen molar-refractivity contribution in [1.29, 1.82) is 0 Å². The van der Waals surface area contributed by atoms with E-state index in [0.29, 0.717) is 11.1 Å². The average Bonchev–Trinajstić information content (AvgIpc) is 2.05. The zero-order chi connectivity index (χ0) is 8.27. The molecule has 60 valence electrons. The highest BCUT2D eigenvalue weighted by Gasteiger charge is 1.99. The molecule has 11 heavy (non-hydrogen) atoms. The van der Waals surface area contributed by atoms with Crippen molar-refractivity contribution in [2.75, 3.05) is 7.11 Å². The van der Waals surface area contributed by atoms with Crippen LogP contribution in [0.2, 0.25) is 0 Å². The summed E-state index contributed by atoms with van der Waals surface area (Å²) in [5.74, 6) is 0.682. The van der Waals surface area contributed by atoms with Gasteiger partial charge >= 0.3 is 0 Å². The highest BCUT2D eigenvalue weighted by Crippen LogP contribution is 2.26. The Bertz CT molecular complexity index is 275. The minimum absolute atomic E-state index is 0.635. The van der Waals surface area contributed by atoms with Gasteiger partial charge in [0.25, 0.3) is 0 Å². The Morgan fingerprint density at radius 2 is 2.27 bits per heavy atom. The third-order valence-electron chi connectivity index (χ3n) is 1.30. The molecule has 0 bridgehead atoms. The molecule has 0 saturated heterocycles. The molecular formula is C7H8ClO2P. The highest BCUT2D eigenvalue weighted by atomic mass is 35.7. The molecule has 0 amide bonds. The SMILES string of the molecule is COc1cccc([PH](=O)Cl)c1. The normalized spacial score (nSPS) is 12.5. The molecule has 1 aromatic carbocycles. The van der Waals surface area contributed by atoms with Gasteiger partial charge in [0.1, 0.15) is 5.75 Å². The molecule has 0 fully saturated rings. The molecule has 0 aromatic heterocycles. The topological polar surface area (TPSA) is 26.3 Å². The molecule has 2 nitrogen and oxygen atoms in total. The quantitative estimate of drug-likeness (QED) is 0.667. The van der Waals surface area contributed by atoms with Gasteiger partial charge in [0.2, 0.25) is 0 Å². The fourth-order valence-electron chi connectivity index (χ4n) is 0.745. The minimum atomic E-state index is -2.10. The van der Waals surface area contributed by atoms with Crippen molar-refractivity contribution in [1.82, 2.24) is 0 Å². The van der Waals surface area contributed by atoms with Crippen LogP contribution in [-0.4, -0.2) is 7.11 Å². The van der Waals surface area contributed by atoms with E-state index in [1.165, 1.54) is 0 Å². The van der Waals surface area contributed by atoms with E-state index in [9.17, 15) is 4.57 Å². The lowest BCUT2D eigenvalue weighted by molar-refractivity contribution is 0.415. The summed E-state index contributed by atoms with van der Waals surface area (Å²) in [6.45, 7) is 0. The second-order valence-electron chi connectivity index (χ2n) is 2.01. The number of rotatable bonds is 2. The number of hydrogen-bond donors (Lipinski definition) is 0. The molecule has 0 aliphatic carbocycles. The van der Waals surface area contributed by atoms with Crippen LogP contribution in [0.25, 0.3) is 0 Å². The van der Waals surface area contributed by atoms with Crippen LogP contribution in [0.5, 0.6) is 5.75 Å². The van der Waals surface area contributed by atoms with Crippen molar-refractivity contribution in [2.45, 2.75) is 0 Å². The summed E-state index contributed by atoms with van der Waals surface area (Å²) in [6.07, 6.45) is 0. The monoisotopic (exact) mass is 190 g/mol. The predicted molar refractivity (Wildman–Crippen MR) is 47.5 cm³/mol. The van der Waals surface area contributed by atoms with Crippen molar-refractivity contribution in [3.63, 3.8) is 0 Å². The maximum Gasteiger partial charge on any atom is 0.186 e. The molecule has 0 spiro atoms. The summed E-state index contributed by atoms with van der Waals surface area (Å²) >= 11 is 5.42. The van der Waals surface area contributed by atoms with Gasteiger partial charge in [-0.15, -0.1) is 0 Å². The van der Waals surface area contributed by atoms with E-state index >= 15 is 0 Å². The maximum atomic E-state index is 10.8. The van der Waals surface area contributed by atoms with Crippen LogP contribution in [0.1, 0.15) is 0 Å². The molecule has 0 aliphatic rings. The van der Waals surface area contributed by atoms with E-state index in [1.807, 2.05) is 0 Å². The Morgan fingerprint density at radius 3 is 2.82 bits per heavy atom. The first kappa shape index (κ1) is 8.63. The van der Waals surface area contributed by atoms with Crippen molar-refractivity contribution < 1.29 is 9.30 Å². The van der Waals surface area contributed by atoms with Crippen LogP contribution in [0.3, 0.4) is 0 Å². The number of benzene rings is 1. The number of halogens is 1. The first-order valence-electron chi connectivity index (χ1n) is 3.08. The molecule has 0 heterocycles. The summed E-state index contributed by atoms with van der Waals surface area (Å²) in [6, 6.07) is 6.94. The van der Waals surface area contributed by atoms with E-state index in [2.05, 4.69) is 0 Å². The van der Waals surface area contributed by atoms with Gasteiger partial charge < -0.3 is 9.30 Å². The van der Waals surface area contributed by atoms with Gasteiger partial charge in [-0.1, -0.05) is 23.4 Å². The molecule has 1 aromatic rings. The molecule has 0 aliphatic heterocycles. The molecular weight excluding hydrogens is 183 g/mol. The van der Waals surface area contributed by atoms with Crippen molar-refractivity contribution in [3.8, 4) is 5.75 Å². The van der Waals surface area contributed by atoms with Gasteiger partial charge in [0, 0.05) is 5.30 Å². The number of methoxy groups -OCH3 is 1. The molecule has 0 saturated carbocycles. The van der Waals surface area contributed by atoms with Crippen LogP contribution in [0.4, 0.5) is 0 Å². The van der Waals surface area contributed by atoms with Crippen LogP contribution in [-0.2, 0) is 4.57 Å². The average molecular weight is 191 g/mol. The maximum absolute atomic E-state index is 10.8. The van der Waals surface area contributed by atoms with Crippen molar-refractivity contribution in [2.24, 2.45) is 0 Å².